The van der Waals surface area contributed by atoms with E-state index in [2.05, 4.69) is 26.0 Å². The molecule has 3 rings (SSSR count). The van der Waals surface area contributed by atoms with Crippen molar-refractivity contribution in [2.75, 3.05) is 13.1 Å². The monoisotopic (exact) mass is 383 g/mol. The molecule has 23 heavy (non-hydrogen) atoms. The fourth-order valence-corrected chi connectivity index (χ4v) is 3.26. The van der Waals surface area contributed by atoms with Gasteiger partial charge in [0.2, 0.25) is 5.91 Å². The maximum Gasteiger partial charge on any atom is 0.281 e. The summed E-state index contributed by atoms with van der Waals surface area (Å²) in [4.78, 5) is 29.9. The van der Waals surface area contributed by atoms with Crippen LogP contribution in [0.3, 0.4) is 0 Å². The number of piperidine rings is 1. The van der Waals surface area contributed by atoms with Crippen molar-refractivity contribution < 1.29 is 9.90 Å². The predicted molar refractivity (Wildman–Crippen MR) is 86.9 cm³/mol. The standard InChI is InChI=1S/C14H18BrN5O3/c1-9(21)19-5-3-14(23,4-6-19)7-20-8-16-10-11(13(20)22)17-18(2)12(10)15/h8,23H,3-7H2,1-2H3. The predicted octanol–water partition coefficient (Wildman–Crippen LogP) is 0.266. The zero-order chi connectivity index (χ0) is 16.8. The van der Waals surface area contributed by atoms with Gasteiger partial charge in [-0.3, -0.25) is 18.8 Å². The van der Waals surface area contributed by atoms with E-state index in [0.717, 1.165) is 0 Å². The third kappa shape index (κ3) is 2.90. The van der Waals surface area contributed by atoms with Crippen molar-refractivity contribution in [1.29, 1.82) is 0 Å². The van der Waals surface area contributed by atoms with Gasteiger partial charge in [-0.2, -0.15) is 5.10 Å². The van der Waals surface area contributed by atoms with E-state index >= 15 is 0 Å². The van der Waals surface area contributed by atoms with E-state index in [-0.39, 0.29) is 23.5 Å². The Labute approximate surface area is 140 Å². The summed E-state index contributed by atoms with van der Waals surface area (Å²) in [5.74, 6) is 0.00522. The van der Waals surface area contributed by atoms with Gasteiger partial charge in [0.05, 0.1) is 18.5 Å². The van der Waals surface area contributed by atoms with Crippen LogP contribution in [0.5, 0.6) is 0 Å². The Morgan fingerprint density at radius 2 is 2.04 bits per heavy atom. The Kier molecular flexibility index (Phi) is 4.01. The molecule has 0 spiro atoms. The molecule has 0 radical (unpaired) electrons. The van der Waals surface area contributed by atoms with Crippen molar-refractivity contribution in [2.45, 2.75) is 31.9 Å². The third-order valence-electron chi connectivity index (χ3n) is 4.35. The Morgan fingerprint density at radius 3 is 2.65 bits per heavy atom. The highest BCUT2D eigenvalue weighted by Gasteiger charge is 2.34. The number of aryl methyl sites for hydroxylation is 1. The highest BCUT2D eigenvalue weighted by molar-refractivity contribution is 9.10. The summed E-state index contributed by atoms with van der Waals surface area (Å²) in [5, 5.41) is 14.9. The Hall–Kier alpha value is -1.74. The zero-order valence-electron chi connectivity index (χ0n) is 13.0. The molecule has 2 aromatic rings. The van der Waals surface area contributed by atoms with Gasteiger partial charge in [-0.1, -0.05) is 0 Å². The lowest BCUT2D eigenvalue weighted by Crippen LogP contribution is -2.49. The van der Waals surface area contributed by atoms with Crippen LogP contribution in [0.25, 0.3) is 11.0 Å². The molecule has 0 bridgehead atoms. The number of hydrogen-bond acceptors (Lipinski definition) is 5. The smallest absolute Gasteiger partial charge is 0.281 e. The maximum absolute atomic E-state index is 12.5. The first-order valence-corrected chi connectivity index (χ1v) is 8.15. The quantitative estimate of drug-likeness (QED) is 0.802. The Morgan fingerprint density at radius 1 is 1.39 bits per heavy atom. The molecule has 1 saturated heterocycles. The number of likely N-dealkylation sites (tertiary alicyclic amines) is 1. The summed E-state index contributed by atoms with van der Waals surface area (Å²) in [7, 11) is 1.72. The molecule has 3 heterocycles. The van der Waals surface area contributed by atoms with Gasteiger partial charge in [0, 0.05) is 27.1 Å². The van der Waals surface area contributed by atoms with Crippen molar-refractivity contribution in [3.8, 4) is 0 Å². The van der Waals surface area contributed by atoms with Crippen molar-refractivity contribution in [1.82, 2.24) is 24.2 Å². The molecular formula is C14H18BrN5O3. The highest BCUT2D eigenvalue weighted by Crippen LogP contribution is 2.24. The van der Waals surface area contributed by atoms with Crippen LogP contribution in [-0.4, -0.2) is 53.9 Å². The van der Waals surface area contributed by atoms with Gasteiger partial charge in [0.1, 0.15) is 10.1 Å². The average molecular weight is 384 g/mol. The van der Waals surface area contributed by atoms with Gasteiger partial charge in [-0.05, 0) is 28.8 Å². The minimum Gasteiger partial charge on any atom is -0.388 e. The van der Waals surface area contributed by atoms with E-state index in [1.165, 1.54) is 17.8 Å². The lowest BCUT2D eigenvalue weighted by molar-refractivity contribution is -0.133. The lowest BCUT2D eigenvalue weighted by atomic mass is 9.91. The summed E-state index contributed by atoms with van der Waals surface area (Å²) in [6, 6.07) is 0. The minimum absolute atomic E-state index is 0.00522. The van der Waals surface area contributed by atoms with Crippen LogP contribution in [0.15, 0.2) is 15.7 Å². The summed E-state index contributed by atoms with van der Waals surface area (Å²) in [6.45, 7) is 2.65. The van der Waals surface area contributed by atoms with Crippen LogP contribution >= 0.6 is 15.9 Å². The topological polar surface area (TPSA) is 93.2 Å². The summed E-state index contributed by atoms with van der Waals surface area (Å²) >= 11 is 3.34. The van der Waals surface area contributed by atoms with Crippen molar-refractivity contribution in [2.24, 2.45) is 7.05 Å². The number of aliphatic hydroxyl groups is 1. The first kappa shape index (κ1) is 16.1. The number of fused-ring (bicyclic) bond motifs is 1. The molecular weight excluding hydrogens is 366 g/mol. The van der Waals surface area contributed by atoms with E-state index in [4.69, 9.17) is 0 Å². The largest absolute Gasteiger partial charge is 0.388 e. The molecule has 1 fully saturated rings. The normalized spacial score (nSPS) is 17.7. The molecule has 1 amide bonds. The third-order valence-corrected chi connectivity index (χ3v) is 5.24. The lowest BCUT2D eigenvalue weighted by Gasteiger charge is -2.37. The number of rotatable bonds is 2. The first-order chi connectivity index (χ1) is 10.8. The summed E-state index contributed by atoms with van der Waals surface area (Å²) in [6.07, 6.45) is 2.30. The number of amides is 1. The fourth-order valence-electron chi connectivity index (χ4n) is 2.89. The fraction of sp³-hybridized carbons (Fsp3) is 0.571. The molecule has 0 atom stereocenters. The number of halogens is 1. The molecule has 0 saturated carbocycles. The molecule has 124 valence electrons. The minimum atomic E-state index is -1.02. The second-order valence-electron chi connectivity index (χ2n) is 6.02. The average Bonchev–Trinajstić information content (AvgIpc) is 2.79. The molecule has 2 aromatic heterocycles. The van der Waals surface area contributed by atoms with Gasteiger partial charge < -0.3 is 10.0 Å². The van der Waals surface area contributed by atoms with E-state index < -0.39 is 5.60 Å². The van der Waals surface area contributed by atoms with E-state index in [9.17, 15) is 14.7 Å². The van der Waals surface area contributed by atoms with Gasteiger partial charge >= 0.3 is 0 Å². The molecule has 1 aliphatic heterocycles. The summed E-state index contributed by atoms with van der Waals surface area (Å²) in [5.41, 5.74) is -0.519. The van der Waals surface area contributed by atoms with Crippen LogP contribution in [-0.2, 0) is 18.4 Å². The molecule has 9 heteroatoms. The van der Waals surface area contributed by atoms with Gasteiger partial charge in [0.15, 0.2) is 5.52 Å². The molecule has 8 nitrogen and oxygen atoms in total. The zero-order valence-corrected chi connectivity index (χ0v) is 14.6. The van der Waals surface area contributed by atoms with Crippen molar-refractivity contribution >= 4 is 32.9 Å². The number of hydrogen-bond donors (Lipinski definition) is 1. The number of nitrogens with zero attached hydrogens (tertiary/aromatic N) is 5. The Balaban J connectivity index is 1.86. The summed E-state index contributed by atoms with van der Waals surface area (Å²) < 4.78 is 3.58. The van der Waals surface area contributed by atoms with Crippen LogP contribution in [0, 0.1) is 0 Å². The van der Waals surface area contributed by atoms with E-state index in [1.54, 1.807) is 16.6 Å². The molecule has 0 aliphatic carbocycles. The van der Waals surface area contributed by atoms with Gasteiger partial charge in [0.25, 0.3) is 5.56 Å². The highest BCUT2D eigenvalue weighted by atomic mass is 79.9. The first-order valence-electron chi connectivity index (χ1n) is 7.36. The van der Waals surface area contributed by atoms with Crippen LogP contribution in [0.2, 0.25) is 0 Å². The second-order valence-corrected chi connectivity index (χ2v) is 6.77. The van der Waals surface area contributed by atoms with Crippen LogP contribution < -0.4 is 5.56 Å². The molecule has 1 N–H and O–H groups in total. The van der Waals surface area contributed by atoms with Crippen molar-refractivity contribution in [3.05, 3.63) is 21.3 Å². The van der Waals surface area contributed by atoms with Crippen LogP contribution in [0.4, 0.5) is 0 Å². The van der Waals surface area contributed by atoms with Gasteiger partial charge in [-0.25, -0.2) is 4.98 Å². The van der Waals surface area contributed by atoms with E-state index in [0.29, 0.717) is 36.1 Å². The second kappa shape index (κ2) is 5.72. The number of aromatic nitrogens is 4. The maximum atomic E-state index is 12.5. The molecule has 0 aromatic carbocycles. The Bertz CT molecular complexity index is 820. The number of carbonyl (C=O) groups excluding carboxylic acids is 1. The van der Waals surface area contributed by atoms with Crippen LogP contribution in [0.1, 0.15) is 19.8 Å². The SMILES string of the molecule is CC(=O)N1CCC(O)(Cn2cnc3c(Br)n(C)nc3c2=O)CC1. The molecule has 1 aliphatic rings. The number of carbonyl (C=O) groups is 1. The van der Waals surface area contributed by atoms with Crippen molar-refractivity contribution in [3.63, 3.8) is 0 Å². The van der Waals surface area contributed by atoms with E-state index in [1.807, 2.05) is 0 Å². The molecule has 0 unspecified atom stereocenters. The van der Waals surface area contributed by atoms with Gasteiger partial charge in [-0.15, -0.1) is 0 Å².